The summed E-state index contributed by atoms with van der Waals surface area (Å²) in [6.07, 6.45) is 4.94. The van der Waals surface area contributed by atoms with Gasteiger partial charge in [0.15, 0.2) is 0 Å². The van der Waals surface area contributed by atoms with Crippen LogP contribution in [0.15, 0.2) is 60.0 Å². The van der Waals surface area contributed by atoms with Crippen LogP contribution < -0.4 is 10.1 Å². The molecule has 1 aromatic heterocycles. The lowest BCUT2D eigenvalue weighted by Gasteiger charge is -2.35. The topological polar surface area (TPSA) is 61.9 Å². The minimum absolute atomic E-state index is 0.0106. The van der Waals surface area contributed by atoms with E-state index in [1.165, 1.54) is 12.1 Å². The molecule has 2 aromatic carbocycles. The molecule has 0 radical (unpaired) electrons. The lowest BCUT2D eigenvalue weighted by atomic mass is 9.94. The molecule has 0 atom stereocenters. The van der Waals surface area contributed by atoms with Crippen molar-refractivity contribution in [3.05, 3.63) is 81.8 Å². The lowest BCUT2D eigenvalue weighted by molar-refractivity contribution is -0.133. The zero-order valence-corrected chi connectivity index (χ0v) is 22.2. The SMILES string of the molecule is COc1ccccc1NC(=O)N(CC(=O)N(Cc1ccc(F)cc1)Cc1sccc1C)C1CCCCC1. The summed E-state index contributed by atoms with van der Waals surface area (Å²) in [6, 6.07) is 15.2. The van der Waals surface area contributed by atoms with Gasteiger partial charge in [0.25, 0.3) is 0 Å². The number of para-hydroxylation sites is 2. The number of thiophene rings is 1. The Bertz CT molecular complexity index is 1190. The molecule has 1 heterocycles. The largest absolute Gasteiger partial charge is 0.495 e. The highest BCUT2D eigenvalue weighted by Crippen LogP contribution is 2.27. The van der Waals surface area contributed by atoms with Crippen LogP contribution in [0.1, 0.15) is 48.1 Å². The third-order valence-corrected chi connectivity index (χ3v) is 7.88. The number of carbonyl (C=O) groups is 2. The molecule has 1 N–H and O–H groups in total. The summed E-state index contributed by atoms with van der Waals surface area (Å²) in [5, 5.41) is 4.98. The highest BCUT2D eigenvalue weighted by atomic mass is 32.1. The van der Waals surface area contributed by atoms with Crippen molar-refractivity contribution in [1.82, 2.24) is 9.80 Å². The summed E-state index contributed by atoms with van der Waals surface area (Å²) in [7, 11) is 1.56. The number of aryl methyl sites for hydroxylation is 1. The van der Waals surface area contributed by atoms with E-state index in [1.54, 1.807) is 52.5 Å². The number of rotatable bonds is 9. The average Bonchev–Trinajstić information content (AvgIpc) is 3.32. The van der Waals surface area contributed by atoms with Crippen LogP contribution in [0.3, 0.4) is 0 Å². The summed E-state index contributed by atoms with van der Waals surface area (Å²) >= 11 is 1.61. The van der Waals surface area contributed by atoms with Crippen LogP contribution in [0.5, 0.6) is 5.75 Å². The van der Waals surface area contributed by atoms with Crippen molar-refractivity contribution in [3.8, 4) is 5.75 Å². The predicted octanol–water partition coefficient (Wildman–Crippen LogP) is 6.60. The predicted molar refractivity (Wildman–Crippen MR) is 145 cm³/mol. The summed E-state index contributed by atoms with van der Waals surface area (Å²) < 4.78 is 18.9. The van der Waals surface area contributed by atoms with E-state index in [2.05, 4.69) is 5.32 Å². The van der Waals surface area contributed by atoms with Gasteiger partial charge in [0.05, 0.1) is 19.3 Å². The Morgan fingerprint density at radius 2 is 1.76 bits per heavy atom. The van der Waals surface area contributed by atoms with Crippen molar-refractivity contribution in [2.75, 3.05) is 19.0 Å². The normalized spacial score (nSPS) is 13.7. The number of amides is 3. The molecule has 37 heavy (non-hydrogen) atoms. The maximum absolute atomic E-state index is 13.8. The number of urea groups is 1. The smallest absolute Gasteiger partial charge is 0.322 e. The Hall–Kier alpha value is -3.39. The highest BCUT2D eigenvalue weighted by Gasteiger charge is 2.30. The molecule has 1 fully saturated rings. The average molecular weight is 524 g/mol. The van der Waals surface area contributed by atoms with Crippen molar-refractivity contribution >= 4 is 29.0 Å². The van der Waals surface area contributed by atoms with Gasteiger partial charge in [-0.1, -0.05) is 43.5 Å². The molecule has 6 nitrogen and oxygen atoms in total. The van der Waals surface area contributed by atoms with Gasteiger partial charge < -0.3 is 19.9 Å². The number of carbonyl (C=O) groups excluding carboxylic acids is 2. The number of halogens is 1. The first-order valence-corrected chi connectivity index (χ1v) is 13.6. The first-order valence-electron chi connectivity index (χ1n) is 12.7. The van der Waals surface area contributed by atoms with Crippen molar-refractivity contribution in [3.63, 3.8) is 0 Å². The van der Waals surface area contributed by atoms with Crippen LogP contribution in [-0.2, 0) is 17.9 Å². The first kappa shape index (κ1) is 26.7. The molecule has 0 spiro atoms. The van der Waals surface area contributed by atoms with E-state index in [-0.39, 0.29) is 30.3 Å². The monoisotopic (exact) mass is 523 g/mol. The second kappa shape index (κ2) is 12.7. The zero-order valence-electron chi connectivity index (χ0n) is 21.4. The summed E-state index contributed by atoms with van der Waals surface area (Å²) in [5.41, 5.74) is 2.53. The number of hydrogen-bond acceptors (Lipinski definition) is 4. The molecule has 0 unspecified atom stereocenters. The van der Waals surface area contributed by atoms with E-state index in [9.17, 15) is 14.0 Å². The number of nitrogens with one attached hydrogen (secondary N) is 1. The number of hydrogen-bond donors (Lipinski definition) is 1. The molecule has 8 heteroatoms. The molecular formula is C29H34FN3O3S. The molecule has 4 rings (SSSR count). The molecule has 0 bridgehead atoms. The molecular weight excluding hydrogens is 489 g/mol. The summed E-state index contributed by atoms with van der Waals surface area (Å²) in [4.78, 5) is 31.9. The summed E-state index contributed by atoms with van der Waals surface area (Å²) in [5.74, 6) is 0.113. The fraction of sp³-hybridized carbons (Fsp3) is 0.379. The molecule has 1 aliphatic rings. The standard InChI is InChI=1S/C29H34FN3O3S/c1-21-16-17-37-27(21)19-32(18-22-12-14-23(30)15-13-22)28(34)20-33(24-8-4-3-5-9-24)29(35)31-25-10-6-7-11-26(25)36-2/h6-7,10-17,24H,3-5,8-9,18-20H2,1-2H3,(H,31,35). The Labute approximate surface area is 222 Å². The van der Waals surface area contributed by atoms with Crippen LogP contribution in [-0.4, -0.2) is 41.4 Å². The van der Waals surface area contributed by atoms with Gasteiger partial charge in [0.1, 0.15) is 18.1 Å². The maximum atomic E-state index is 13.8. The van der Waals surface area contributed by atoms with E-state index in [1.807, 2.05) is 30.5 Å². The fourth-order valence-corrected chi connectivity index (χ4v) is 5.64. The Morgan fingerprint density at radius 3 is 2.43 bits per heavy atom. The van der Waals surface area contributed by atoms with Crippen molar-refractivity contribution < 1.29 is 18.7 Å². The van der Waals surface area contributed by atoms with E-state index in [0.717, 1.165) is 48.1 Å². The number of nitrogens with zero attached hydrogens (tertiary/aromatic N) is 2. The Morgan fingerprint density at radius 1 is 1.03 bits per heavy atom. The Balaban J connectivity index is 1.56. The van der Waals surface area contributed by atoms with Gasteiger partial charge in [-0.15, -0.1) is 11.3 Å². The van der Waals surface area contributed by atoms with Gasteiger partial charge in [0.2, 0.25) is 5.91 Å². The van der Waals surface area contributed by atoms with Gasteiger partial charge in [0, 0.05) is 17.5 Å². The fourth-order valence-electron chi connectivity index (χ4n) is 4.72. The van der Waals surface area contributed by atoms with Crippen LogP contribution in [0.2, 0.25) is 0 Å². The van der Waals surface area contributed by atoms with Gasteiger partial charge in [-0.2, -0.15) is 0 Å². The number of anilines is 1. The molecule has 196 valence electrons. The summed E-state index contributed by atoms with van der Waals surface area (Å²) in [6.45, 7) is 2.77. The molecule has 1 saturated carbocycles. The van der Waals surface area contributed by atoms with Crippen molar-refractivity contribution in [1.29, 1.82) is 0 Å². The van der Waals surface area contributed by atoms with Gasteiger partial charge >= 0.3 is 6.03 Å². The third kappa shape index (κ3) is 7.10. The van der Waals surface area contributed by atoms with E-state index in [0.29, 0.717) is 24.5 Å². The van der Waals surface area contributed by atoms with E-state index < -0.39 is 0 Å². The molecule has 0 aliphatic heterocycles. The van der Waals surface area contributed by atoms with Crippen LogP contribution in [0.25, 0.3) is 0 Å². The second-order valence-corrected chi connectivity index (χ2v) is 10.5. The molecule has 0 saturated heterocycles. The molecule has 3 aromatic rings. The van der Waals surface area contributed by atoms with Gasteiger partial charge in [-0.05, 0) is 66.6 Å². The third-order valence-electron chi connectivity index (χ3n) is 6.87. The minimum atomic E-state index is -0.313. The van der Waals surface area contributed by atoms with Crippen molar-refractivity contribution in [2.24, 2.45) is 0 Å². The molecule has 3 amide bonds. The minimum Gasteiger partial charge on any atom is -0.495 e. The van der Waals surface area contributed by atoms with Gasteiger partial charge in [-0.25, -0.2) is 9.18 Å². The van der Waals surface area contributed by atoms with Crippen LogP contribution in [0.4, 0.5) is 14.9 Å². The maximum Gasteiger partial charge on any atom is 0.322 e. The van der Waals surface area contributed by atoms with Crippen LogP contribution >= 0.6 is 11.3 Å². The van der Waals surface area contributed by atoms with E-state index >= 15 is 0 Å². The van der Waals surface area contributed by atoms with Crippen LogP contribution in [0, 0.1) is 12.7 Å². The molecule has 1 aliphatic carbocycles. The number of ether oxygens (including phenoxy) is 1. The zero-order chi connectivity index (χ0) is 26.2. The number of methoxy groups -OCH3 is 1. The van der Waals surface area contributed by atoms with E-state index in [4.69, 9.17) is 4.74 Å². The highest BCUT2D eigenvalue weighted by molar-refractivity contribution is 7.10. The lowest BCUT2D eigenvalue weighted by Crippen LogP contribution is -2.49. The quantitative estimate of drug-likeness (QED) is 0.344. The first-order chi connectivity index (χ1) is 17.9. The second-order valence-electron chi connectivity index (χ2n) is 9.45. The van der Waals surface area contributed by atoms with Crippen molar-refractivity contribution in [2.45, 2.75) is 58.2 Å². The number of benzene rings is 2. The van der Waals surface area contributed by atoms with Gasteiger partial charge in [-0.3, -0.25) is 4.79 Å². The Kier molecular flexibility index (Phi) is 9.17.